The van der Waals surface area contributed by atoms with Gasteiger partial charge in [-0.25, -0.2) is 0 Å². The first-order valence-electron chi connectivity index (χ1n) is 7.27. The van der Waals surface area contributed by atoms with Gasteiger partial charge in [-0.1, -0.05) is 18.2 Å². The number of nitrogens with zero attached hydrogens (tertiary/aromatic N) is 1. The number of para-hydroxylation sites is 1. The normalized spacial score (nSPS) is 16.6. The van der Waals surface area contributed by atoms with Crippen molar-refractivity contribution in [2.45, 2.75) is 20.3 Å². The Balaban J connectivity index is 1.92. The topological polar surface area (TPSA) is 41.6 Å². The van der Waals surface area contributed by atoms with Gasteiger partial charge in [-0.15, -0.1) is 0 Å². The molecule has 0 aromatic heterocycles. The molecular formula is C16H24N2O2. The molecule has 0 unspecified atom stereocenters. The summed E-state index contributed by atoms with van der Waals surface area (Å²) in [6, 6.07) is 9.65. The molecule has 0 bridgehead atoms. The fourth-order valence-electron chi connectivity index (χ4n) is 2.32. The smallest absolute Gasteiger partial charge is 0.231 e. The zero-order valence-corrected chi connectivity index (χ0v) is 12.4. The van der Waals surface area contributed by atoms with Crippen LogP contribution in [0, 0.1) is 5.41 Å². The molecule has 0 saturated carbocycles. The van der Waals surface area contributed by atoms with E-state index in [4.69, 9.17) is 4.74 Å². The highest BCUT2D eigenvalue weighted by molar-refractivity contribution is 5.82. The fourth-order valence-corrected chi connectivity index (χ4v) is 2.32. The highest BCUT2D eigenvalue weighted by Gasteiger charge is 2.33. The standard InChI is InChI=1S/C16H24N2O2/c1-16(2,13-20-14-7-4-3-5-8-14)15(19)18-11-6-9-17-10-12-18/h3-5,7-8,17H,6,9-13H2,1-2H3. The van der Waals surface area contributed by atoms with E-state index < -0.39 is 5.41 Å². The molecular weight excluding hydrogens is 252 g/mol. The van der Waals surface area contributed by atoms with E-state index in [9.17, 15) is 4.79 Å². The Bertz CT molecular complexity index is 423. The third-order valence-electron chi connectivity index (χ3n) is 3.55. The summed E-state index contributed by atoms with van der Waals surface area (Å²) in [5.74, 6) is 0.989. The number of carbonyl (C=O) groups excluding carboxylic acids is 1. The van der Waals surface area contributed by atoms with Crippen LogP contribution in [0.3, 0.4) is 0 Å². The van der Waals surface area contributed by atoms with Gasteiger partial charge in [-0.2, -0.15) is 0 Å². The van der Waals surface area contributed by atoms with E-state index in [-0.39, 0.29) is 5.91 Å². The molecule has 1 fully saturated rings. The minimum absolute atomic E-state index is 0.178. The summed E-state index contributed by atoms with van der Waals surface area (Å²) in [5.41, 5.74) is -0.500. The quantitative estimate of drug-likeness (QED) is 0.913. The van der Waals surface area contributed by atoms with Crippen LogP contribution in [0.4, 0.5) is 0 Å². The molecule has 110 valence electrons. The molecule has 1 aromatic carbocycles. The summed E-state index contributed by atoms with van der Waals surface area (Å²) in [6.45, 7) is 7.80. The van der Waals surface area contributed by atoms with Crippen molar-refractivity contribution < 1.29 is 9.53 Å². The molecule has 1 aromatic rings. The highest BCUT2D eigenvalue weighted by Crippen LogP contribution is 2.22. The maximum Gasteiger partial charge on any atom is 0.231 e. The van der Waals surface area contributed by atoms with E-state index in [2.05, 4.69) is 5.32 Å². The van der Waals surface area contributed by atoms with Crippen LogP contribution in [0.1, 0.15) is 20.3 Å². The van der Waals surface area contributed by atoms with E-state index in [1.165, 1.54) is 0 Å². The Morgan fingerprint density at radius 2 is 2.00 bits per heavy atom. The van der Waals surface area contributed by atoms with Crippen molar-refractivity contribution in [2.75, 3.05) is 32.8 Å². The molecule has 1 aliphatic rings. The van der Waals surface area contributed by atoms with Crippen molar-refractivity contribution >= 4 is 5.91 Å². The number of carbonyl (C=O) groups is 1. The van der Waals surface area contributed by atoms with E-state index in [1.807, 2.05) is 49.1 Å². The number of benzene rings is 1. The van der Waals surface area contributed by atoms with E-state index in [1.54, 1.807) is 0 Å². The van der Waals surface area contributed by atoms with Crippen molar-refractivity contribution in [3.05, 3.63) is 30.3 Å². The van der Waals surface area contributed by atoms with Gasteiger partial charge in [0.1, 0.15) is 12.4 Å². The van der Waals surface area contributed by atoms with Crippen LogP contribution in [0.15, 0.2) is 30.3 Å². The lowest BCUT2D eigenvalue weighted by atomic mass is 9.92. The lowest BCUT2D eigenvalue weighted by Crippen LogP contribution is -2.45. The van der Waals surface area contributed by atoms with Crippen LogP contribution < -0.4 is 10.1 Å². The second-order valence-corrected chi connectivity index (χ2v) is 5.88. The zero-order chi connectivity index (χ0) is 14.4. The number of amides is 1. The van der Waals surface area contributed by atoms with Gasteiger partial charge in [-0.05, 0) is 38.9 Å². The number of ether oxygens (including phenoxy) is 1. The predicted molar refractivity (Wildman–Crippen MR) is 79.8 cm³/mol. The summed E-state index contributed by atoms with van der Waals surface area (Å²) in [4.78, 5) is 14.6. The van der Waals surface area contributed by atoms with Crippen molar-refractivity contribution in [1.82, 2.24) is 10.2 Å². The molecule has 0 spiro atoms. The summed E-state index contributed by atoms with van der Waals surface area (Å²) in [6.07, 6.45) is 1.02. The highest BCUT2D eigenvalue weighted by atomic mass is 16.5. The molecule has 1 N–H and O–H groups in total. The zero-order valence-electron chi connectivity index (χ0n) is 12.4. The Hall–Kier alpha value is -1.55. The Morgan fingerprint density at radius 3 is 2.75 bits per heavy atom. The van der Waals surface area contributed by atoms with Crippen molar-refractivity contribution in [1.29, 1.82) is 0 Å². The molecule has 0 aliphatic carbocycles. The maximum atomic E-state index is 12.6. The summed E-state index contributed by atoms with van der Waals surface area (Å²) < 4.78 is 5.75. The van der Waals surface area contributed by atoms with Crippen LogP contribution in [0.25, 0.3) is 0 Å². The molecule has 0 radical (unpaired) electrons. The lowest BCUT2D eigenvalue weighted by molar-refractivity contribution is -0.141. The Labute approximate surface area is 121 Å². The number of hydrogen-bond donors (Lipinski definition) is 1. The average molecular weight is 276 g/mol. The second-order valence-electron chi connectivity index (χ2n) is 5.88. The van der Waals surface area contributed by atoms with Crippen molar-refractivity contribution in [2.24, 2.45) is 5.41 Å². The van der Waals surface area contributed by atoms with Gasteiger partial charge in [0.2, 0.25) is 5.91 Å². The second kappa shape index (κ2) is 6.75. The minimum atomic E-state index is -0.500. The van der Waals surface area contributed by atoms with Crippen LogP contribution >= 0.6 is 0 Å². The first-order valence-corrected chi connectivity index (χ1v) is 7.27. The van der Waals surface area contributed by atoms with Gasteiger partial charge in [0.25, 0.3) is 0 Å². The Kier molecular flexibility index (Phi) is 5.01. The van der Waals surface area contributed by atoms with Gasteiger partial charge in [-0.3, -0.25) is 4.79 Å². The molecule has 1 saturated heterocycles. The van der Waals surface area contributed by atoms with Gasteiger partial charge >= 0.3 is 0 Å². The summed E-state index contributed by atoms with van der Waals surface area (Å²) in [7, 11) is 0. The van der Waals surface area contributed by atoms with Gasteiger partial charge < -0.3 is 15.0 Å². The molecule has 1 amide bonds. The minimum Gasteiger partial charge on any atom is -0.492 e. The largest absolute Gasteiger partial charge is 0.492 e. The van der Waals surface area contributed by atoms with Gasteiger partial charge in [0.05, 0.1) is 5.41 Å². The van der Waals surface area contributed by atoms with Crippen molar-refractivity contribution in [3.63, 3.8) is 0 Å². The van der Waals surface area contributed by atoms with Crippen molar-refractivity contribution in [3.8, 4) is 5.75 Å². The van der Waals surface area contributed by atoms with Gasteiger partial charge in [0, 0.05) is 19.6 Å². The number of rotatable bonds is 4. The monoisotopic (exact) mass is 276 g/mol. The first-order chi connectivity index (χ1) is 9.59. The van der Waals surface area contributed by atoms with Crippen LogP contribution in [0.5, 0.6) is 5.75 Å². The van der Waals surface area contributed by atoms with Crippen LogP contribution in [0.2, 0.25) is 0 Å². The van der Waals surface area contributed by atoms with E-state index in [0.29, 0.717) is 6.61 Å². The molecule has 2 rings (SSSR count). The Morgan fingerprint density at radius 1 is 1.25 bits per heavy atom. The average Bonchev–Trinajstić information content (AvgIpc) is 2.74. The molecule has 1 heterocycles. The summed E-state index contributed by atoms with van der Waals surface area (Å²) in [5, 5.41) is 3.32. The lowest BCUT2D eigenvalue weighted by Gasteiger charge is -2.31. The third-order valence-corrected chi connectivity index (χ3v) is 3.55. The number of hydrogen-bond acceptors (Lipinski definition) is 3. The van der Waals surface area contributed by atoms with Crippen LogP contribution in [-0.4, -0.2) is 43.6 Å². The fraction of sp³-hybridized carbons (Fsp3) is 0.562. The molecule has 20 heavy (non-hydrogen) atoms. The molecule has 4 heteroatoms. The summed E-state index contributed by atoms with van der Waals surface area (Å²) >= 11 is 0. The van der Waals surface area contributed by atoms with E-state index >= 15 is 0 Å². The van der Waals surface area contributed by atoms with Gasteiger partial charge in [0.15, 0.2) is 0 Å². The SMILES string of the molecule is CC(C)(COc1ccccc1)C(=O)N1CCCNCC1. The number of nitrogens with one attached hydrogen (secondary N) is 1. The molecule has 0 atom stereocenters. The third kappa shape index (κ3) is 3.97. The molecule has 1 aliphatic heterocycles. The molecule has 4 nitrogen and oxygen atoms in total. The van der Waals surface area contributed by atoms with E-state index in [0.717, 1.165) is 38.3 Å². The maximum absolute atomic E-state index is 12.6. The first kappa shape index (κ1) is 14.9. The van der Waals surface area contributed by atoms with Crippen LogP contribution in [-0.2, 0) is 4.79 Å². The predicted octanol–water partition coefficient (Wildman–Crippen LogP) is 1.91.